The maximum atomic E-state index is 10.8. The molecule has 0 aromatic heterocycles. The zero-order chi connectivity index (χ0) is 8.27. The average molecular weight is 158 g/mol. The van der Waals surface area contributed by atoms with Crippen LogP contribution in [0.3, 0.4) is 0 Å². The molecule has 2 amide bonds. The molecule has 2 N–H and O–H groups in total. The fourth-order valence-corrected chi connectivity index (χ4v) is 0.838. The van der Waals surface area contributed by atoms with Crippen LogP contribution in [0.4, 0.5) is 0 Å². The minimum absolute atomic E-state index is 0.168. The lowest BCUT2D eigenvalue weighted by molar-refractivity contribution is -0.144. The summed E-state index contributed by atoms with van der Waals surface area (Å²) >= 11 is 0. The molecule has 11 heavy (non-hydrogen) atoms. The van der Waals surface area contributed by atoms with Crippen LogP contribution >= 0.6 is 0 Å². The Bertz CT molecular complexity index is 181. The van der Waals surface area contributed by atoms with Crippen LogP contribution in [0.5, 0.6) is 0 Å². The molecule has 62 valence electrons. The van der Waals surface area contributed by atoms with E-state index in [4.69, 9.17) is 4.84 Å². The highest BCUT2D eigenvalue weighted by Crippen LogP contribution is 2.02. The Morgan fingerprint density at radius 2 is 2.55 bits per heavy atom. The maximum absolute atomic E-state index is 10.8. The molecule has 1 unspecified atom stereocenters. The molecule has 0 saturated carbocycles. The van der Waals surface area contributed by atoms with Gasteiger partial charge in [-0.1, -0.05) is 0 Å². The number of rotatable bonds is 2. The predicted molar refractivity (Wildman–Crippen MR) is 36.3 cm³/mol. The van der Waals surface area contributed by atoms with Gasteiger partial charge in [0.1, 0.15) is 0 Å². The highest BCUT2D eigenvalue weighted by Gasteiger charge is 2.25. The van der Waals surface area contributed by atoms with Gasteiger partial charge in [-0.3, -0.25) is 14.4 Å². The van der Waals surface area contributed by atoms with Crippen molar-refractivity contribution in [3.63, 3.8) is 0 Å². The van der Waals surface area contributed by atoms with Crippen LogP contribution in [0.2, 0.25) is 0 Å². The van der Waals surface area contributed by atoms with E-state index in [2.05, 4.69) is 10.8 Å². The second-order valence-corrected chi connectivity index (χ2v) is 2.34. The van der Waals surface area contributed by atoms with E-state index in [1.165, 1.54) is 6.92 Å². The van der Waals surface area contributed by atoms with Crippen LogP contribution in [-0.4, -0.2) is 24.5 Å². The van der Waals surface area contributed by atoms with E-state index in [-0.39, 0.29) is 11.8 Å². The van der Waals surface area contributed by atoms with E-state index in [0.29, 0.717) is 13.0 Å². The standard InChI is InChI=1S/C6H10N2O3/c1-4(9)8-11-5-2-3-7-6(5)10/h5H,2-3H2,1H3,(H,7,10)(H,8,9). The third kappa shape index (κ3) is 2.19. The Labute approximate surface area is 64.0 Å². The molecule has 1 fully saturated rings. The van der Waals surface area contributed by atoms with Gasteiger partial charge in [-0.15, -0.1) is 0 Å². The first kappa shape index (κ1) is 8.00. The van der Waals surface area contributed by atoms with Gasteiger partial charge in [0, 0.05) is 19.9 Å². The van der Waals surface area contributed by atoms with Crippen molar-refractivity contribution in [3.8, 4) is 0 Å². The number of hydroxylamine groups is 1. The molecule has 1 saturated heterocycles. The number of hydrogen-bond acceptors (Lipinski definition) is 3. The van der Waals surface area contributed by atoms with Gasteiger partial charge in [-0.25, -0.2) is 5.48 Å². The van der Waals surface area contributed by atoms with Crippen LogP contribution in [0.15, 0.2) is 0 Å². The molecule has 1 aliphatic rings. The summed E-state index contributed by atoms with van der Waals surface area (Å²) < 4.78 is 0. The van der Waals surface area contributed by atoms with Crippen molar-refractivity contribution >= 4 is 11.8 Å². The summed E-state index contributed by atoms with van der Waals surface area (Å²) in [6.07, 6.45) is 0.0953. The number of carbonyl (C=O) groups excluding carboxylic acids is 2. The zero-order valence-electron chi connectivity index (χ0n) is 6.22. The van der Waals surface area contributed by atoms with Crippen molar-refractivity contribution in [2.24, 2.45) is 0 Å². The summed E-state index contributed by atoms with van der Waals surface area (Å²) in [6.45, 7) is 1.94. The molecule has 5 heteroatoms. The predicted octanol–water partition coefficient (Wildman–Crippen LogP) is -1.06. The van der Waals surface area contributed by atoms with Crippen LogP contribution in [0, 0.1) is 0 Å². The summed E-state index contributed by atoms with van der Waals surface area (Å²) in [7, 11) is 0. The summed E-state index contributed by atoms with van der Waals surface area (Å²) in [6, 6.07) is 0. The minimum Gasteiger partial charge on any atom is -0.354 e. The highest BCUT2D eigenvalue weighted by molar-refractivity contribution is 5.83. The average Bonchev–Trinajstić information content (AvgIpc) is 2.31. The second kappa shape index (κ2) is 3.34. The van der Waals surface area contributed by atoms with Crippen molar-refractivity contribution < 1.29 is 14.4 Å². The molecular formula is C6H10N2O3. The van der Waals surface area contributed by atoms with Gasteiger partial charge in [0.2, 0.25) is 5.91 Å². The van der Waals surface area contributed by atoms with Crippen molar-refractivity contribution in [2.45, 2.75) is 19.4 Å². The van der Waals surface area contributed by atoms with Crippen LogP contribution in [0.1, 0.15) is 13.3 Å². The first-order valence-electron chi connectivity index (χ1n) is 3.40. The number of amides is 2. The molecule has 5 nitrogen and oxygen atoms in total. The molecule has 0 aromatic carbocycles. The molecule has 0 radical (unpaired) electrons. The smallest absolute Gasteiger partial charge is 0.251 e. The molecule has 0 spiro atoms. The monoisotopic (exact) mass is 158 g/mol. The van der Waals surface area contributed by atoms with Gasteiger partial charge < -0.3 is 5.32 Å². The number of carbonyl (C=O) groups is 2. The van der Waals surface area contributed by atoms with Gasteiger partial charge in [0.15, 0.2) is 6.10 Å². The Morgan fingerprint density at radius 3 is 3.00 bits per heavy atom. The lowest BCUT2D eigenvalue weighted by Gasteiger charge is -2.06. The van der Waals surface area contributed by atoms with E-state index in [1.54, 1.807) is 0 Å². The second-order valence-electron chi connectivity index (χ2n) is 2.34. The SMILES string of the molecule is CC(=O)NOC1CCNC1=O. The largest absolute Gasteiger partial charge is 0.354 e. The van der Waals surface area contributed by atoms with Gasteiger partial charge in [-0.05, 0) is 0 Å². The fourth-order valence-electron chi connectivity index (χ4n) is 0.838. The van der Waals surface area contributed by atoms with Gasteiger partial charge in [-0.2, -0.15) is 0 Å². The quantitative estimate of drug-likeness (QED) is 0.503. The van der Waals surface area contributed by atoms with Crippen molar-refractivity contribution in [1.29, 1.82) is 0 Å². The highest BCUT2D eigenvalue weighted by atomic mass is 16.7. The van der Waals surface area contributed by atoms with Crippen molar-refractivity contribution in [2.75, 3.05) is 6.54 Å². The first-order valence-corrected chi connectivity index (χ1v) is 3.40. The maximum Gasteiger partial charge on any atom is 0.251 e. The number of nitrogens with one attached hydrogen (secondary N) is 2. The first-order chi connectivity index (χ1) is 5.20. The lowest BCUT2D eigenvalue weighted by atomic mass is 10.3. The Morgan fingerprint density at radius 1 is 1.82 bits per heavy atom. The van der Waals surface area contributed by atoms with Gasteiger partial charge in [0.05, 0.1) is 0 Å². The normalized spacial score (nSPS) is 23.0. The summed E-state index contributed by atoms with van der Waals surface area (Å²) in [5.41, 5.74) is 2.12. The van der Waals surface area contributed by atoms with Crippen LogP contribution in [0.25, 0.3) is 0 Å². The van der Waals surface area contributed by atoms with Gasteiger partial charge in [0.25, 0.3) is 5.91 Å². The Kier molecular flexibility index (Phi) is 2.43. The lowest BCUT2D eigenvalue weighted by Crippen LogP contribution is -2.32. The topological polar surface area (TPSA) is 67.4 Å². The minimum atomic E-state index is -0.515. The molecule has 0 aliphatic carbocycles. The Hall–Kier alpha value is -1.10. The van der Waals surface area contributed by atoms with E-state index in [1.807, 2.05) is 0 Å². The zero-order valence-corrected chi connectivity index (χ0v) is 6.22. The third-order valence-corrected chi connectivity index (χ3v) is 1.34. The molecular weight excluding hydrogens is 148 g/mol. The molecule has 1 aliphatic heterocycles. The summed E-state index contributed by atoms with van der Waals surface area (Å²) in [5.74, 6) is -0.469. The van der Waals surface area contributed by atoms with Crippen LogP contribution < -0.4 is 10.8 Å². The molecule has 0 aromatic rings. The van der Waals surface area contributed by atoms with Crippen molar-refractivity contribution in [3.05, 3.63) is 0 Å². The summed E-state index contributed by atoms with van der Waals surface area (Å²) in [4.78, 5) is 25.9. The van der Waals surface area contributed by atoms with Crippen molar-refractivity contribution in [1.82, 2.24) is 10.8 Å². The fraction of sp³-hybridized carbons (Fsp3) is 0.667. The van der Waals surface area contributed by atoms with E-state index in [9.17, 15) is 9.59 Å². The Balaban J connectivity index is 2.26. The van der Waals surface area contributed by atoms with E-state index >= 15 is 0 Å². The molecule has 1 rings (SSSR count). The molecule has 1 heterocycles. The number of hydrogen-bond donors (Lipinski definition) is 2. The summed E-state index contributed by atoms with van der Waals surface area (Å²) in [5, 5.41) is 2.58. The molecule has 0 bridgehead atoms. The third-order valence-electron chi connectivity index (χ3n) is 1.34. The molecule has 1 atom stereocenters. The van der Waals surface area contributed by atoms with E-state index in [0.717, 1.165) is 0 Å². The van der Waals surface area contributed by atoms with Crippen LogP contribution in [-0.2, 0) is 14.4 Å². The van der Waals surface area contributed by atoms with Gasteiger partial charge >= 0.3 is 0 Å². The van der Waals surface area contributed by atoms with E-state index < -0.39 is 6.10 Å².